The van der Waals surface area contributed by atoms with Crippen molar-refractivity contribution in [2.75, 3.05) is 0 Å². The Morgan fingerprint density at radius 1 is 1.56 bits per heavy atom. The molecule has 0 saturated heterocycles. The van der Waals surface area contributed by atoms with Crippen molar-refractivity contribution >= 4 is 28.4 Å². The first-order valence-corrected chi connectivity index (χ1v) is 6.74. The van der Waals surface area contributed by atoms with Crippen LogP contribution in [0.3, 0.4) is 0 Å². The molecule has 0 amide bonds. The standard InChI is InChI=1S/C13H14FIN2O/c1-8(10-7-9(14)4-5-11(10)15)18-12-3-2-6-17-13(12)16/h2,4-8,12H,3H2,1H3,(H2,16,17)/t8-,12?/m1/s1. The van der Waals surface area contributed by atoms with E-state index in [1.165, 1.54) is 12.1 Å². The Morgan fingerprint density at radius 2 is 2.33 bits per heavy atom. The smallest absolute Gasteiger partial charge is 0.128 e. The lowest BCUT2D eigenvalue weighted by molar-refractivity contribution is 0.0338. The predicted molar refractivity (Wildman–Crippen MR) is 77.8 cm³/mol. The Morgan fingerprint density at radius 3 is 3.06 bits per heavy atom. The molecule has 1 aliphatic rings. The van der Waals surface area contributed by atoms with Gasteiger partial charge in [0.2, 0.25) is 0 Å². The van der Waals surface area contributed by atoms with Crippen molar-refractivity contribution in [3.63, 3.8) is 0 Å². The molecular formula is C13H14FIN2O. The number of amidine groups is 1. The van der Waals surface area contributed by atoms with Gasteiger partial charge in [-0.3, -0.25) is 0 Å². The molecule has 96 valence electrons. The average Bonchev–Trinajstić information content (AvgIpc) is 2.35. The summed E-state index contributed by atoms with van der Waals surface area (Å²) >= 11 is 2.17. The van der Waals surface area contributed by atoms with E-state index < -0.39 is 0 Å². The van der Waals surface area contributed by atoms with Crippen LogP contribution in [-0.2, 0) is 4.74 Å². The molecule has 3 nitrogen and oxygen atoms in total. The molecule has 0 aromatic heterocycles. The van der Waals surface area contributed by atoms with E-state index in [4.69, 9.17) is 10.5 Å². The molecule has 1 aliphatic heterocycles. The van der Waals surface area contributed by atoms with Gasteiger partial charge in [0.05, 0.1) is 6.10 Å². The molecule has 5 heteroatoms. The van der Waals surface area contributed by atoms with Gasteiger partial charge in [0.1, 0.15) is 17.8 Å². The van der Waals surface area contributed by atoms with Gasteiger partial charge >= 0.3 is 0 Å². The fraction of sp³-hybridized carbons (Fsp3) is 0.308. The summed E-state index contributed by atoms with van der Waals surface area (Å²) in [5.41, 5.74) is 6.60. The second-order valence-electron chi connectivity index (χ2n) is 4.11. The lowest BCUT2D eigenvalue weighted by atomic mass is 10.1. The highest BCUT2D eigenvalue weighted by molar-refractivity contribution is 14.1. The normalized spacial score (nSPS) is 20.6. The van der Waals surface area contributed by atoms with Crippen molar-refractivity contribution in [1.82, 2.24) is 0 Å². The molecule has 1 aromatic rings. The minimum atomic E-state index is -0.258. The minimum Gasteiger partial charge on any atom is -0.385 e. The van der Waals surface area contributed by atoms with E-state index >= 15 is 0 Å². The van der Waals surface area contributed by atoms with E-state index in [0.717, 1.165) is 9.13 Å². The van der Waals surface area contributed by atoms with Crippen LogP contribution < -0.4 is 5.73 Å². The number of ether oxygens (including phenoxy) is 1. The fourth-order valence-electron chi connectivity index (χ4n) is 1.80. The van der Waals surface area contributed by atoms with E-state index in [2.05, 4.69) is 27.6 Å². The highest BCUT2D eigenvalue weighted by atomic mass is 127. The Bertz CT molecular complexity index is 502. The van der Waals surface area contributed by atoms with Gasteiger partial charge in [-0.25, -0.2) is 9.38 Å². The first-order chi connectivity index (χ1) is 8.58. The lowest BCUT2D eigenvalue weighted by Crippen LogP contribution is -2.33. The number of aliphatic imine (C=N–C) groups is 1. The van der Waals surface area contributed by atoms with Gasteiger partial charge in [0.25, 0.3) is 0 Å². The third-order valence-electron chi connectivity index (χ3n) is 2.77. The molecule has 2 rings (SSSR count). The van der Waals surface area contributed by atoms with Crippen molar-refractivity contribution in [2.24, 2.45) is 10.7 Å². The third kappa shape index (κ3) is 3.08. The molecule has 1 unspecified atom stereocenters. The Balaban J connectivity index is 2.12. The van der Waals surface area contributed by atoms with Crippen LogP contribution in [0.1, 0.15) is 25.0 Å². The minimum absolute atomic E-state index is 0.224. The van der Waals surface area contributed by atoms with Crippen molar-refractivity contribution in [3.05, 3.63) is 45.4 Å². The molecule has 18 heavy (non-hydrogen) atoms. The van der Waals surface area contributed by atoms with Gasteiger partial charge in [-0.2, -0.15) is 0 Å². The summed E-state index contributed by atoms with van der Waals surface area (Å²) in [5, 5.41) is 0. The van der Waals surface area contributed by atoms with Gasteiger partial charge < -0.3 is 10.5 Å². The number of halogens is 2. The number of hydrogen-bond donors (Lipinski definition) is 1. The third-order valence-corrected chi connectivity index (χ3v) is 3.76. The van der Waals surface area contributed by atoms with Crippen LogP contribution in [0.25, 0.3) is 0 Å². The molecule has 0 saturated carbocycles. The zero-order valence-electron chi connectivity index (χ0n) is 9.94. The highest BCUT2D eigenvalue weighted by Gasteiger charge is 2.20. The molecular weight excluding hydrogens is 346 g/mol. The van der Waals surface area contributed by atoms with E-state index in [-0.39, 0.29) is 18.0 Å². The Kier molecular flexibility index (Phi) is 4.34. The summed E-state index contributed by atoms with van der Waals surface area (Å²) in [4.78, 5) is 4.01. The summed E-state index contributed by atoms with van der Waals surface area (Å²) in [6.07, 6.45) is 3.82. The summed E-state index contributed by atoms with van der Waals surface area (Å²) in [6, 6.07) is 4.68. The first-order valence-electron chi connectivity index (χ1n) is 5.66. The summed E-state index contributed by atoms with van der Waals surface area (Å²) in [6.45, 7) is 1.89. The number of hydrogen-bond acceptors (Lipinski definition) is 3. The van der Waals surface area contributed by atoms with Gasteiger partial charge in [-0.05, 0) is 53.3 Å². The number of rotatable bonds is 3. The van der Waals surface area contributed by atoms with Crippen LogP contribution in [0.15, 0.2) is 35.5 Å². The van der Waals surface area contributed by atoms with Crippen LogP contribution in [-0.4, -0.2) is 11.9 Å². The largest absolute Gasteiger partial charge is 0.385 e. The van der Waals surface area contributed by atoms with Gasteiger partial charge in [0, 0.05) is 16.2 Å². The van der Waals surface area contributed by atoms with E-state index in [9.17, 15) is 4.39 Å². The maximum absolute atomic E-state index is 13.2. The van der Waals surface area contributed by atoms with E-state index in [1.54, 1.807) is 12.3 Å². The van der Waals surface area contributed by atoms with Crippen LogP contribution in [0, 0.1) is 9.39 Å². The summed E-state index contributed by atoms with van der Waals surface area (Å²) < 4.78 is 20.1. The first kappa shape index (κ1) is 13.5. The molecule has 0 aliphatic carbocycles. The van der Waals surface area contributed by atoms with E-state index in [1.807, 2.05) is 13.0 Å². The average molecular weight is 360 g/mol. The number of benzene rings is 1. The topological polar surface area (TPSA) is 47.6 Å². The Labute approximate surface area is 119 Å². The SMILES string of the molecule is C[C@@H](OC1CC=CN=C1N)c1cc(F)ccc1I. The highest BCUT2D eigenvalue weighted by Crippen LogP contribution is 2.26. The monoisotopic (exact) mass is 360 g/mol. The lowest BCUT2D eigenvalue weighted by Gasteiger charge is -2.23. The molecule has 1 heterocycles. The van der Waals surface area contributed by atoms with Crippen molar-refractivity contribution < 1.29 is 9.13 Å². The Hall–Kier alpha value is -0.950. The van der Waals surface area contributed by atoms with Crippen LogP contribution in [0.5, 0.6) is 0 Å². The second kappa shape index (κ2) is 5.79. The van der Waals surface area contributed by atoms with Crippen LogP contribution >= 0.6 is 22.6 Å². The van der Waals surface area contributed by atoms with Crippen molar-refractivity contribution in [3.8, 4) is 0 Å². The molecule has 1 aromatic carbocycles. The molecule has 2 atom stereocenters. The summed E-state index contributed by atoms with van der Waals surface area (Å²) in [5.74, 6) is 0.210. The summed E-state index contributed by atoms with van der Waals surface area (Å²) in [7, 11) is 0. The van der Waals surface area contributed by atoms with Gasteiger partial charge in [0.15, 0.2) is 0 Å². The zero-order valence-corrected chi connectivity index (χ0v) is 12.1. The molecule has 2 N–H and O–H groups in total. The van der Waals surface area contributed by atoms with Gasteiger partial charge in [-0.15, -0.1) is 0 Å². The fourth-order valence-corrected chi connectivity index (χ4v) is 2.57. The molecule has 0 bridgehead atoms. The van der Waals surface area contributed by atoms with Crippen molar-refractivity contribution in [1.29, 1.82) is 0 Å². The van der Waals surface area contributed by atoms with Crippen LogP contribution in [0.2, 0.25) is 0 Å². The number of nitrogens with zero attached hydrogens (tertiary/aromatic N) is 1. The quantitative estimate of drug-likeness (QED) is 0.842. The van der Waals surface area contributed by atoms with Crippen molar-refractivity contribution in [2.45, 2.75) is 25.6 Å². The second-order valence-corrected chi connectivity index (χ2v) is 5.27. The predicted octanol–water partition coefficient (Wildman–Crippen LogP) is 3.15. The maximum Gasteiger partial charge on any atom is 0.128 e. The molecule has 0 fully saturated rings. The van der Waals surface area contributed by atoms with E-state index in [0.29, 0.717) is 12.3 Å². The zero-order chi connectivity index (χ0) is 13.1. The van der Waals surface area contributed by atoms with Gasteiger partial charge in [-0.1, -0.05) is 6.08 Å². The molecule has 0 radical (unpaired) electrons. The van der Waals surface area contributed by atoms with Crippen LogP contribution in [0.4, 0.5) is 4.39 Å². The number of nitrogens with two attached hydrogens (primary N) is 1. The maximum atomic E-state index is 13.2. The molecule has 0 spiro atoms.